The van der Waals surface area contributed by atoms with E-state index >= 15 is 0 Å². The molecule has 1 aliphatic heterocycles. The van der Waals surface area contributed by atoms with Gasteiger partial charge in [0, 0.05) is 27.3 Å². The third kappa shape index (κ3) is 2.67. The van der Waals surface area contributed by atoms with Crippen molar-refractivity contribution >= 4 is 10.0 Å². The predicted octanol–water partition coefficient (Wildman–Crippen LogP) is 1.03. The Kier molecular flexibility index (Phi) is 4.25. The molecular weight excluding hydrogens is 266 g/mol. The zero-order valence-electron chi connectivity index (χ0n) is 11.4. The molecule has 6 heteroatoms. The van der Waals surface area contributed by atoms with E-state index in [1.807, 2.05) is 6.07 Å². The molecule has 19 heavy (non-hydrogen) atoms. The molecule has 2 atom stereocenters. The highest BCUT2D eigenvalue weighted by Crippen LogP contribution is 2.25. The highest BCUT2D eigenvalue weighted by Gasteiger charge is 2.40. The number of sulfonamides is 1. The highest BCUT2D eigenvalue weighted by molar-refractivity contribution is 7.89. The van der Waals surface area contributed by atoms with Crippen molar-refractivity contribution in [3.05, 3.63) is 29.8 Å². The van der Waals surface area contributed by atoms with Gasteiger partial charge in [-0.3, -0.25) is 0 Å². The molecule has 5 nitrogen and oxygen atoms in total. The minimum absolute atomic E-state index is 0.219. The average molecular weight is 285 g/mol. The van der Waals surface area contributed by atoms with Crippen molar-refractivity contribution < 1.29 is 17.9 Å². The van der Waals surface area contributed by atoms with Crippen molar-refractivity contribution in [2.45, 2.75) is 24.0 Å². The molecule has 0 saturated carbocycles. The molecule has 1 saturated heterocycles. The van der Waals surface area contributed by atoms with Crippen LogP contribution in [0, 0.1) is 6.92 Å². The molecule has 1 aliphatic rings. The molecular formula is C13H19NO4S. The molecule has 0 radical (unpaired) electrons. The van der Waals surface area contributed by atoms with Gasteiger partial charge in [-0.25, -0.2) is 8.42 Å². The summed E-state index contributed by atoms with van der Waals surface area (Å²) in [5, 5.41) is 0. The second kappa shape index (κ2) is 5.58. The first-order valence-corrected chi connectivity index (χ1v) is 7.56. The maximum Gasteiger partial charge on any atom is 0.243 e. The normalized spacial score (nSPS) is 24.8. The molecule has 1 aromatic carbocycles. The van der Waals surface area contributed by atoms with Gasteiger partial charge in [0.15, 0.2) is 0 Å². The van der Waals surface area contributed by atoms with Gasteiger partial charge in [0.25, 0.3) is 0 Å². The van der Waals surface area contributed by atoms with Gasteiger partial charge in [-0.15, -0.1) is 0 Å². The summed E-state index contributed by atoms with van der Waals surface area (Å²) in [5.74, 6) is 0. The summed E-state index contributed by atoms with van der Waals surface area (Å²) in [6, 6.07) is 6.99. The van der Waals surface area contributed by atoms with Gasteiger partial charge in [0.05, 0.1) is 17.1 Å². The van der Waals surface area contributed by atoms with E-state index in [0.717, 1.165) is 5.56 Å². The van der Waals surface area contributed by atoms with Gasteiger partial charge >= 0.3 is 0 Å². The lowest BCUT2D eigenvalue weighted by molar-refractivity contribution is -0.00461. The maximum absolute atomic E-state index is 12.6. The summed E-state index contributed by atoms with van der Waals surface area (Å²) < 4.78 is 37.2. The summed E-state index contributed by atoms with van der Waals surface area (Å²) in [7, 11) is -0.342. The second-order valence-electron chi connectivity index (χ2n) is 4.64. The fourth-order valence-corrected chi connectivity index (χ4v) is 4.03. The maximum atomic E-state index is 12.6. The Morgan fingerprint density at radius 2 is 1.63 bits per heavy atom. The molecule has 106 valence electrons. The number of methoxy groups -OCH3 is 2. The van der Waals surface area contributed by atoms with Crippen LogP contribution in [-0.4, -0.2) is 52.2 Å². The van der Waals surface area contributed by atoms with E-state index in [2.05, 4.69) is 0 Å². The minimum atomic E-state index is -3.48. The van der Waals surface area contributed by atoms with Gasteiger partial charge in [0.1, 0.15) is 0 Å². The molecule has 0 spiro atoms. The van der Waals surface area contributed by atoms with Gasteiger partial charge in [0.2, 0.25) is 10.0 Å². The van der Waals surface area contributed by atoms with E-state index in [1.165, 1.54) is 4.31 Å². The van der Waals surface area contributed by atoms with Crippen LogP contribution in [0.3, 0.4) is 0 Å². The lowest BCUT2D eigenvalue weighted by atomic mass is 10.2. The first-order chi connectivity index (χ1) is 9.00. The smallest absolute Gasteiger partial charge is 0.243 e. The first kappa shape index (κ1) is 14.5. The van der Waals surface area contributed by atoms with Crippen LogP contribution in [0.25, 0.3) is 0 Å². The fraction of sp³-hybridized carbons (Fsp3) is 0.538. The number of hydrogen-bond donors (Lipinski definition) is 0. The topological polar surface area (TPSA) is 55.8 Å². The van der Waals surface area contributed by atoms with Crippen LogP contribution < -0.4 is 0 Å². The Morgan fingerprint density at radius 3 is 2.11 bits per heavy atom. The van der Waals surface area contributed by atoms with Crippen molar-refractivity contribution in [1.82, 2.24) is 4.31 Å². The lowest BCUT2D eigenvalue weighted by Gasteiger charge is -2.17. The van der Waals surface area contributed by atoms with Crippen LogP contribution in [0.4, 0.5) is 0 Å². The van der Waals surface area contributed by atoms with Crippen molar-refractivity contribution in [3.8, 4) is 0 Å². The van der Waals surface area contributed by atoms with Crippen molar-refractivity contribution in [2.24, 2.45) is 0 Å². The monoisotopic (exact) mass is 285 g/mol. The standard InChI is InChI=1S/C13H19NO4S/c1-10-6-4-5-7-13(10)19(15,16)14-8-11(17-2)12(9-14)18-3/h4-7,11-12H,8-9H2,1-3H3. The number of hydrogen-bond acceptors (Lipinski definition) is 4. The van der Waals surface area contributed by atoms with Crippen LogP contribution in [0.2, 0.25) is 0 Å². The summed E-state index contributed by atoms with van der Waals surface area (Å²) in [5.41, 5.74) is 0.748. The minimum Gasteiger partial charge on any atom is -0.377 e. The van der Waals surface area contributed by atoms with Crippen LogP contribution in [0.5, 0.6) is 0 Å². The van der Waals surface area contributed by atoms with Crippen LogP contribution >= 0.6 is 0 Å². The molecule has 2 unspecified atom stereocenters. The Labute approximate surface area is 114 Å². The molecule has 0 amide bonds. The number of rotatable bonds is 4. The zero-order valence-corrected chi connectivity index (χ0v) is 12.2. The quantitative estimate of drug-likeness (QED) is 0.829. The number of nitrogens with zero attached hydrogens (tertiary/aromatic N) is 1. The summed E-state index contributed by atoms with van der Waals surface area (Å²) >= 11 is 0. The third-order valence-corrected chi connectivity index (χ3v) is 5.49. The summed E-state index contributed by atoms with van der Waals surface area (Å²) in [6.45, 7) is 2.45. The van der Waals surface area contributed by atoms with Gasteiger partial charge in [-0.1, -0.05) is 18.2 Å². The molecule has 2 rings (SSSR count). The van der Waals surface area contributed by atoms with E-state index in [9.17, 15) is 8.42 Å². The van der Waals surface area contributed by atoms with Crippen LogP contribution in [-0.2, 0) is 19.5 Å². The molecule has 1 heterocycles. The Bertz CT molecular complexity index is 531. The lowest BCUT2D eigenvalue weighted by Crippen LogP contribution is -2.30. The van der Waals surface area contributed by atoms with Crippen molar-refractivity contribution in [3.63, 3.8) is 0 Å². The van der Waals surface area contributed by atoms with Crippen molar-refractivity contribution in [2.75, 3.05) is 27.3 Å². The van der Waals surface area contributed by atoms with E-state index < -0.39 is 10.0 Å². The Hall–Kier alpha value is -0.950. The van der Waals surface area contributed by atoms with Crippen LogP contribution in [0.15, 0.2) is 29.2 Å². The number of ether oxygens (including phenoxy) is 2. The van der Waals surface area contributed by atoms with Gasteiger partial charge in [-0.05, 0) is 18.6 Å². The van der Waals surface area contributed by atoms with E-state index in [1.54, 1.807) is 39.3 Å². The highest BCUT2D eigenvalue weighted by atomic mass is 32.2. The number of aryl methyl sites for hydroxylation is 1. The molecule has 0 N–H and O–H groups in total. The molecule has 0 bridgehead atoms. The fourth-order valence-electron chi connectivity index (χ4n) is 2.34. The van der Waals surface area contributed by atoms with Crippen LogP contribution in [0.1, 0.15) is 5.56 Å². The van der Waals surface area contributed by atoms with Gasteiger partial charge < -0.3 is 9.47 Å². The third-order valence-electron chi connectivity index (χ3n) is 3.50. The Morgan fingerprint density at radius 1 is 1.11 bits per heavy atom. The summed E-state index contributed by atoms with van der Waals surface area (Å²) in [4.78, 5) is 0.349. The SMILES string of the molecule is COC1CN(S(=O)(=O)c2ccccc2C)CC1OC. The summed E-state index contributed by atoms with van der Waals surface area (Å²) in [6.07, 6.45) is -0.437. The molecule has 0 aliphatic carbocycles. The largest absolute Gasteiger partial charge is 0.377 e. The molecule has 0 aromatic heterocycles. The number of benzene rings is 1. The average Bonchev–Trinajstić information content (AvgIpc) is 2.83. The zero-order chi connectivity index (χ0) is 14.0. The first-order valence-electron chi connectivity index (χ1n) is 6.12. The molecule has 1 fully saturated rings. The van der Waals surface area contributed by atoms with Crippen molar-refractivity contribution in [1.29, 1.82) is 0 Å². The van der Waals surface area contributed by atoms with E-state index in [4.69, 9.17) is 9.47 Å². The Balaban J connectivity index is 2.30. The van der Waals surface area contributed by atoms with Gasteiger partial charge in [-0.2, -0.15) is 4.31 Å². The second-order valence-corrected chi connectivity index (χ2v) is 6.54. The predicted molar refractivity (Wildman–Crippen MR) is 71.5 cm³/mol. The molecule has 1 aromatic rings. The van der Waals surface area contributed by atoms with E-state index in [-0.39, 0.29) is 12.2 Å². The van der Waals surface area contributed by atoms with E-state index in [0.29, 0.717) is 18.0 Å².